The maximum atomic E-state index is 13.2. The third kappa shape index (κ3) is 3.97. The first-order chi connectivity index (χ1) is 12.1. The van der Waals surface area contributed by atoms with E-state index in [-0.39, 0.29) is 11.9 Å². The summed E-state index contributed by atoms with van der Waals surface area (Å²) in [7, 11) is 0. The second-order valence-corrected chi connectivity index (χ2v) is 6.72. The van der Waals surface area contributed by atoms with E-state index in [1.807, 2.05) is 36.1 Å². The quantitative estimate of drug-likeness (QED) is 0.887. The van der Waals surface area contributed by atoms with E-state index in [0.29, 0.717) is 29.5 Å². The largest absolute Gasteiger partial charge is 0.494 e. The second kappa shape index (κ2) is 7.89. The summed E-state index contributed by atoms with van der Waals surface area (Å²) in [5, 5.41) is 3.85. The van der Waals surface area contributed by atoms with Crippen LogP contribution in [0.4, 0.5) is 5.69 Å². The van der Waals surface area contributed by atoms with E-state index in [4.69, 9.17) is 16.3 Å². The zero-order chi connectivity index (χ0) is 17.8. The molecule has 0 radical (unpaired) electrons. The molecule has 1 heterocycles. The lowest BCUT2D eigenvalue weighted by Gasteiger charge is -2.25. The van der Waals surface area contributed by atoms with Gasteiger partial charge in [0.15, 0.2) is 0 Å². The summed E-state index contributed by atoms with van der Waals surface area (Å²) in [6.07, 6.45) is 0.924. The number of rotatable bonds is 4. The van der Waals surface area contributed by atoms with Crippen molar-refractivity contribution in [2.75, 3.05) is 18.1 Å². The van der Waals surface area contributed by atoms with Crippen LogP contribution in [0.3, 0.4) is 0 Å². The smallest absolute Gasteiger partial charge is 0.259 e. The van der Waals surface area contributed by atoms with Gasteiger partial charge in [0, 0.05) is 24.8 Å². The monoisotopic (exact) mass is 358 g/mol. The van der Waals surface area contributed by atoms with Crippen LogP contribution in [0.25, 0.3) is 0 Å². The van der Waals surface area contributed by atoms with Gasteiger partial charge in [-0.15, -0.1) is 0 Å². The number of nitrogens with one attached hydrogen (secondary N) is 1. The van der Waals surface area contributed by atoms with Crippen molar-refractivity contribution in [2.24, 2.45) is 0 Å². The van der Waals surface area contributed by atoms with Gasteiger partial charge in [-0.25, -0.2) is 0 Å². The molecule has 0 spiro atoms. The van der Waals surface area contributed by atoms with Crippen LogP contribution in [0.15, 0.2) is 42.5 Å². The molecule has 0 bridgehead atoms. The first-order valence-corrected chi connectivity index (χ1v) is 9.03. The summed E-state index contributed by atoms with van der Waals surface area (Å²) < 4.78 is 5.59. The van der Waals surface area contributed by atoms with Gasteiger partial charge in [-0.05, 0) is 43.2 Å². The normalized spacial score (nSPS) is 16.9. The van der Waals surface area contributed by atoms with Crippen LogP contribution in [-0.2, 0) is 6.54 Å². The number of hydrogen-bond donors (Lipinski definition) is 1. The molecule has 2 aromatic carbocycles. The molecule has 0 unspecified atom stereocenters. The fourth-order valence-corrected chi connectivity index (χ4v) is 3.21. The van der Waals surface area contributed by atoms with Gasteiger partial charge in [-0.2, -0.15) is 0 Å². The molecule has 5 heteroatoms. The summed E-state index contributed by atoms with van der Waals surface area (Å²) in [6, 6.07) is 13.5. The van der Waals surface area contributed by atoms with Crippen LogP contribution >= 0.6 is 11.6 Å². The van der Waals surface area contributed by atoms with Gasteiger partial charge in [0.05, 0.1) is 17.2 Å². The van der Waals surface area contributed by atoms with Crippen molar-refractivity contribution in [3.63, 3.8) is 0 Å². The van der Waals surface area contributed by atoms with E-state index in [1.54, 1.807) is 18.2 Å². The molecule has 2 aromatic rings. The lowest BCUT2D eigenvalue weighted by molar-refractivity contribution is 0.0985. The predicted molar refractivity (Wildman–Crippen MR) is 102 cm³/mol. The van der Waals surface area contributed by atoms with Crippen LogP contribution in [0.2, 0.25) is 5.02 Å². The van der Waals surface area contributed by atoms with Crippen molar-refractivity contribution < 1.29 is 9.53 Å². The lowest BCUT2D eigenvalue weighted by Crippen LogP contribution is -2.39. The Kier molecular flexibility index (Phi) is 5.61. The first-order valence-electron chi connectivity index (χ1n) is 8.65. The van der Waals surface area contributed by atoms with Gasteiger partial charge in [-0.3, -0.25) is 4.79 Å². The predicted octanol–water partition coefficient (Wildman–Crippen LogP) is 4.27. The molecule has 1 atom stereocenters. The molecule has 4 nitrogen and oxygen atoms in total. The maximum Gasteiger partial charge on any atom is 0.259 e. The van der Waals surface area contributed by atoms with Gasteiger partial charge in [0.2, 0.25) is 0 Å². The minimum absolute atomic E-state index is 0.0879. The van der Waals surface area contributed by atoms with Gasteiger partial charge in [0.1, 0.15) is 5.75 Å². The zero-order valence-corrected chi connectivity index (χ0v) is 15.3. The van der Waals surface area contributed by atoms with E-state index in [9.17, 15) is 4.79 Å². The minimum atomic E-state index is -0.0879. The molecule has 1 aliphatic rings. The summed E-state index contributed by atoms with van der Waals surface area (Å²) in [6.45, 7) is 6.10. The highest BCUT2D eigenvalue weighted by Gasteiger charge is 2.26. The summed E-state index contributed by atoms with van der Waals surface area (Å²) >= 11 is 6.38. The highest BCUT2D eigenvalue weighted by atomic mass is 35.5. The molecular weight excluding hydrogens is 336 g/mol. The fourth-order valence-electron chi connectivity index (χ4n) is 2.96. The zero-order valence-electron chi connectivity index (χ0n) is 14.6. The molecule has 0 aliphatic carbocycles. The Bertz CT molecular complexity index is 763. The number of carbonyl (C=O) groups excluding carboxylic acids is 1. The maximum absolute atomic E-state index is 13.2. The van der Waals surface area contributed by atoms with E-state index in [2.05, 4.69) is 12.2 Å². The number of anilines is 1. The summed E-state index contributed by atoms with van der Waals surface area (Å²) in [5.74, 6) is 0.602. The molecule has 0 aromatic heterocycles. The Morgan fingerprint density at radius 1 is 1.32 bits per heavy atom. The summed E-state index contributed by atoms with van der Waals surface area (Å²) in [5.41, 5.74) is 2.54. The van der Waals surface area contributed by atoms with Crippen molar-refractivity contribution in [1.29, 1.82) is 0 Å². The first kappa shape index (κ1) is 17.8. The molecule has 0 fully saturated rings. The van der Waals surface area contributed by atoms with Gasteiger partial charge in [-0.1, -0.05) is 36.7 Å². The number of carbonyl (C=O) groups is 1. The van der Waals surface area contributed by atoms with Gasteiger partial charge >= 0.3 is 0 Å². The topological polar surface area (TPSA) is 41.6 Å². The fraction of sp³-hybridized carbons (Fsp3) is 0.350. The van der Waals surface area contributed by atoms with Crippen molar-refractivity contribution >= 4 is 23.2 Å². The van der Waals surface area contributed by atoms with E-state index < -0.39 is 0 Å². The third-order valence-electron chi connectivity index (χ3n) is 4.27. The molecule has 1 amide bonds. The van der Waals surface area contributed by atoms with Crippen molar-refractivity contribution in [1.82, 2.24) is 5.32 Å². The molecule has 0 saturated heterocycles. The highest BCUT2D eigenvalue weighted by molar-refractivity contribution is 6.34. The molecule has 3 rings (SSSR count). The molecular formula is C20H23ClN2O2. The SMILES string of the molecule is CCCOc1ccc(C(=O)N2C[C@@H](C)NCc3ccccc32)c(Cl)c1. The summed E-state index contributed by atoms with van der Waals surface area (Å²) in [4.78, 5) is 15.0. The van der Waals surface area contributed by atoms with Crippen LogP contribution < -0.4 is 15.0 Å². The molecule has 1 aliphatic heterocycles. The number of ether oxygens (including phenoxy) is 1. The number of halogens is 1. The van der Waals surface area contributed by atoms with Crippen molar-refractivity contribution in [2.45, 2.75) is 32.9 Å². The molecule has 1 N–H and O–H groups in total. The average Bonchev–Trinajstić information content (AvgIpc) is 2.79. The number of amides is 1. The van der Waals surface area contributed by atoms with Crippen LogP contribution in [0, 0.1) is 0 Å². The Labute approximate surface area is 153 Å². The van der Waals surface area contributed by atoms with Gasteiger partial charge in [0.25, 0.3) is 5.91 Å². The highest BCUT2D eigenvalue weighted by Crippen LogP contribution is 2.29. The van der Waals surface area contributed by atoms with E-state index >= 15 is 0 Å². The van der Waals surface area contributed by atoms with Gasteiger partial charge < -0.3 is 15.0 Å². The third-order valence-corrected chi connectivity index (χ3v) is 4.58. The Morgan fingerprint density at radius 3 is 2.88 bits per heavy atom. The number of benzene rings is 2. The Hall–Kier alpha value is -2.04. The van der Waals surface area contributed by atoms with E-state index in [0.717, 1.165) is 24.2 Å². The van der Waals surface area contributed by atoms with Crippen LogP contribution in [0.1, 0.15) is 36.2 Å². The average molecular weight is 359 g/mol. The Morgan fingerprint density at radius 2 is 2.12 bits per heavy atom. The van der Waals surface area contributed by atoms with Crippen molar-refractivity contribution in [3.05, 3.63) is 58.6 Å². The molecule has 0 saturated carbocycles. The Balaban J connectivity index is 1.91. The number of fused-ring (bicyclic) bond motifs is 1. The van der Waals surface area contributed by atoms with E-state index in [1.165, 1.54) is 0 Å². The second-order valence-electron chi connectivity index (χ2n) is 6.32. The molecule has 25 heavy (non-hydrogen) atoms. The van der Waals surface area contributed by atoms with Crippen molar-refractivity contribution in [3.8, 4) is 5.75 Å². The number of hydrogen-bond acceptors (Lipinski definition) is 3. The van der Waals surface area contributed by atoms with Crippen LogP contribution in [-0.4, -0.2) is 25.1 Å². The number of nitrogens with zero attached hydrogens (tertiary/aromatic N) is 1. The molecule has 132 valence electrons. The van der Waals surface area contributed by atoms with Crippen LogP contribution in [0.5, 0.6) is 5.75 Å². The number of para-hydroxylation sites is 1. The lowest BCUT2D eigenvalue weighted by atomic mass is 10.1. The standard InChI is InChI=1S/C20H23ClN2O2/c1-3-10-25-16-8-9-17(18(21)11-16)20(24)23-13-14(2)22-12-15-6-4-5-7-19(15)23/h4-9,11,14,22H,3,10,12-13H2,1-2H3/t14-/m1/s1. The minimum Gasteiger partial charge on any atom is -0.494 e.